The molecule has 0 aliphatic heterocycles. The van der Waals surface area contributed by atoms with Gasteiger partial charge in [-0.2, -0.15) is 0 Å². The summed E-state index contributed by atoms with van der Waals surface area (Å²) in [5.41, 5.74) is 2.99. The van der Waals surface area contributed by atoms with E-state index in [9.17, 15) is 4.39 Å². The number of halogens is 2. The molecule has 0 saturated heterocycles. The molecule has 0 radical (unpaired) electrons. The summed E-state index contributed by atoms with van der Waals surface area (Å²) in [4.78, 5) is 0. The maximum atomic E-state index is 14.8. The van der Waals surface area contributed by atoms with E-state index in [4.69, 9.17) is 11.6 Å². The molecule has 2 fully saturated rings. The molecule has 2 saturated carbocycles. The fraction of sp³-hybridized carbons (Fsp3) is 0.758. The van der Waals surface area contributed by atoms with E-state index in [1.807, 2.05) is 6.07 Å². The number of hydrogen-bond acceptors (Lipinski definition) is 0. The maximum Gasteiger partial charge on any atom is 0.145 e. The van der Waals surface area contributed by atoms with E-state index in [2.05, 4.69) is 26.0 Å². The molecule has 0 aromatic heterocycles. The fourth-order valence-corrected chi connectivity index (χ4v) is 7.95. The number of aryl methyl sites for hydroxylation is 1. The molecule has 3 aliphatic rings. The largest absolute Gasteiger partial charge is 0.205 e. The van der Waals surface area contributed by atoms with E-state index < -0.39 is 0 Å². The van der Waals surface area contributed by atoms with E-state index >= 15 is 0 Å². The van der Waals surface area contributed by atoms with E-state index in [-0.39, 0.29) is 5.82 Å². The SMILES string of the molecule is CCCCCC1CCC(C2CCC(C3CC=C(c4ccc(CCCC)c(F)c4Cl)CC3)CC2)CC1. The number of hydrogen-bond donors (Lipinski definition) is 0. The van der Waals surface area contributed by atoms with Crippen LogP contribution in [0.1, 0.15) is 134 Å². The molecule has 4 rings (SSSR count). The Labute approximate surface area is 220 Å². The highest BCUT2D eigenvalue weighted by atomic mass is 35.5. The summed E-state index contributed by atoms with van der Waals surface area (Å²) in [6, 6.07) is 4.05. The lowest BCUT2D eigenvalue weighted by Crippen LogP contribution is -2.28. The van der Waals surface area contributed by atoms with Crippen molar-refractivity contribution >= 4 is 17.2 Å². The molecule has 0 heterocycles. The van der Waals surface area contributed by atoms with Crippen molar-refractivity contribution in [3.63, 3.8) is 0 Å². The van der Waals surface area contributed by atoms with Gasteiger partial charge in [-0.05, 0) is 117 Å². The van der Waals surface area contributed by atoms with Crippen LogP contribution in [0.4, 0.5) is 4.39 Å². The number of allylic oxidation sites excluding steroid dienone is 2. The third-order valence-electron chi connectivity index (χ3n) is 10.0. The smallest absolute Gasteiger partial charge is 0.145 e. The van der Waals surface area contributed by atoms with Gasteiger partial charge in [0.05, 0.1) is 5.02 Å². The average Bonchev–Trinajstić information content (AvgIpc) is 2.90. The monoisotopic (exact) mass is 500 g/mol. The molecule has 1 atom stereocenters. The lowest BCUT2D eigenvalue weighted by atomic mass is 9.65. The minimum absolute atomic E-state index is 0.186. The Bertz CT molecular complexity index is 811. The van der Waals surface area contributed by atoms with Crippen molar-refractivity contribution < 1.29 is 4.39 Å². The number of benzene rings is 1. The Hall–Kier alpha value is -0.820. The Kier molecular flexibility index (Phi) is 10.6. The first-order chi connectivity index (χ1) is 17.1. The van der Waals surface area contributed by atoms with Crippen LogP contribution in [0.2, 0.25) is 5.02 Å². The van der Waals surface area contributed by atoms with Gasteiger partial charge in [-0.3, -0.25) is 0 Å². The van der Waals surface area contributed by atoms with Crippen LogP contribution >= 0.6 is 11.6 Å². The molecule has 0 nitrogen and oxygen atoms in total. The number of unbranched alkanes of at least 4 members (excludes halogenated alkanes) is 3. The van der Waals surface area contributed by atoms with Crippen LogP contribution < -0.4 is 0 Å². The quantitative estimate of drug-likeness (QED) is 0.280. The highest BCUT2D eigenvalue weighted by Crippen LogP contribution is 2.46. The predicted molar refractivity (Wildman–Crippen MR) is 150 cm³/mol. The molecule has 1 aromatic rings. The lowest BCUT2D eigenvalue weighted by Gasteiger charge is -2.40. The van der Waals surface area contributed by atoms with Crippen molar-refractivity contribution in [3.8, 4) is 0 Å². The first-order valence-corrected chi connectivity index (χ1v) is 15.6. The molecule has 1 aromatic carbocycles. The highest BCUT2D eigenvalue weighted by molar-refractivity contribution is 6.32. The van der Waals surface area contributed by atoms with Gasteiger partial charge in [0.15, 0.2) is 0 Å². The molecule has 0 amide bonds. The third-order valence-corrected chi connectivity index (χ3v) is 10.4. The lowest BCUT2D eigenvalue weighted by molar-refractivity contribution is 0.120. The van der Waals surface area contributed by atoms with Crippen LogP contribution in [0.3, 0.4) is 0 Å². The van der Waals surface area contributed by atoms with Gasteiger partial charge in [0.1, 0.15) is 5.82 Å². The van der Waals surface area contributed by atoms with E-state index in [1.165, 1.54) is 89.0 Å². The highest BCUT2D eigenvalue weighted by Gasteiger charge is 2.33. The Morgan fingerprint density at radius 1 is 0.771 bits per heavy atom. The van der Waals surface area contributed by atoms with Gasteiger partial charge in [-0.1, -0.05) is 88.6 Å². The van der Waals surface area contributed by atoms with Crippen molar-refractivity contribution in [1.29, 1.82) is 0 Å². The molecule has 196 valence electrons. The minimum Gasteiger partial charge on any atom is -0.205 e. The zero-order chi connectivity index (χ0) is 24.6. The van der Waals surface area contributed by atoms with Crippen molar-refractivity contribution in [2.75, 3.05) is 0 Å². The van der Waals surface area contributed by atoms with Crippen molar-refractivity contribution in [2.24, 2.45) is 29.6 Å². The normalized spacial score (nSPS) is 29.7. The molecule has 1 unspecified atom stereocenters. The molecular formula is C33H50ClF. The van der Waals surface area contributed by atoms with Crippen LogP contribution in [0.15, 0.2) is 18.2 Å². The van der Waals surface area contributed by atoms with Crippen LogP contribution in [0.5, 0.6) is 0 Å². The Morgan fingerprint density at radius 3 is 2.00 bits per heavy atom. The summed E-state index contributed by atoms with van der Waals surface area (Å²) in [6.45, 7) is 4.46. The van der Waals surface area contributed by atoms with Gasteiger partial charge in [-0.25, -0.2) is 4.39 Å². The molecule has 0 spiro atoms. The summed E-state index contributed by atoms with van der Waals surface area (Å²) in [7, 11) is 0. The van der Waals surface area contributed by atoms with Crippen LogP contribution in [0.25, 0.3) is 5.57 Å². The van der Waals surface area contributed by atoms with Crippen molar-refractivity contribution in [3.05, 3.63) is 40.2 Å². The standard InChI is InChI=1S/C33H50ClF/c1-3-5-7-8-24-10-12-25(13-11-24)26-14-16-27(17-15-26)28-18-20-29(21-19-28)31-23-22-30(9-6-4-2)33(35)32(31)34/h20,22-28H,3-19,21H2,1-2H3. The van der Waals surface area contributed by atoms with Crippen LogP contribution in [0, 0.1) is 35.4 Å². The van der Waals surface area contributed by atoms with Gasteiger partial charge < -0.3 is 0 Å². The first kappa shape index (κ1) is 27.2. The van der Waals surface area contributed by atoms with Gasteiger partial charge >= 0.3 is 0 Å². The molecular weight excluding hydrogens is 451 g/mol. The van der Waals surface area contributed by atoms with Crippen molar-refractivity contribution in [1.82, 2.24) is 0 Å². The van der Waals surface area contributed by atoms with Gasteiger partial charge in [-0.15, -0.1) is 0 Å². The summed E-state index contributed by atoms with van der Waals surface area (Å²) >= 11 is 6.51. The second-order valence-electron chi connectivity index (χ2n) is 12.2. The summed E-state index contributed by atoms with van der Waals surface area (Å²) in [5, 5.41) is 0.351. The third kappa shape index (κ3) is 7.15. The zero-order valence-electron chi connectivity index (χ0n) is 22.6. The molecule has 35 heavy (non-hydrogen) atoms. The van der Waals surface area contributed by atoms with Gasteiger partial charge in [0.25, 0.3) is 0 Å². The predicted octanol–water partition coefficient (Wildman–Crippen LogP) is 11.2. The Morgan fingerprint density at radius 2 is 1.40 bits per heavy atom. The topological polar surface area (TPSA) is 0 Å². The maximum absolute atomic E-state index is 14.8. The summed E-state index contributed by atoms with van der Waals surface area (Å²) < 4.78 is 14.8. The average molecular weight is 501 g/mol. The van der Waals surface area contributed by atoms with E-state index in [1.54, 1.807) is 0 Å². The van der Waals surface area contributed by atoms with Crippen LogP contribution in [-0.2, 0) is 6.42 Å². The summed E-state index contributed by atoms with van der Waals surface area (Å²) in [5.74, 6) is 4.60. The Balaban J connectivity index is 1.23. The second-order valence-corrected chi connectivity index (χ2v) is 12.6. The van der Waals surface area contributed by atoms with E-state index in [0.717, 1.165) is 72.8 Å². The molecule has 0 N–H and O–H groups in total. The number of rotatable bonds is 10. The van der Waals surface area contributed by atoms with Gasteiger partial charge in [0, 0.05) is 0 Å². The van der Waals surface area contributed by atoms with Crippen LogP contribution in [-0.4, -0.2) is 0 Å². The fourth-order valence-electron chi connectivity index (χ4n) is 7.64. The van der Waals surface area contributed by atoms with Gasteiger partial charge in [0.2, 0.25) is 0 Å². The molecule has 3 aliphatic carbocycles. The minimum atomic E-state index is -0.186. The van der Waals surface area contributed by atoms with Crippen molar-refractivity contribution in [2.45, 2.75) is 129 Å². The molecule has 0 bridgehead atoms. The summed E-state index contributed by atoms with van der Waals surface area (Å²) in [6.07, 6.45) is 26.3. The molecule has 2 heteroatoms. The first-order valence-electron chi connectivity index (χ1n) is 15.3. The zero-order valence-corrected chi connectivity index (χ0v) is 23.4. The van der Waals surface area contributed by atoms with E-state index in [0.29, 0.717) is 5.02 Å². The second kappa shape index (κ2) is 13.6.